The number of halogens is 2. The largest absolute Gasteiger partial charge is 0.473 e. The molecule has 2 aliphatic heterocycles. The average Bonchev–Trinajstić information content (AvgIpc) is 3.23. The van der Waals surface area contributed by atoms with Crippen LogP contribution in [-0.2, 0) is 0 Å². The Labute approximate surface area is 179 Å². The fraction of sp³-hybridized carbons (Fsp3) is 0.400. The lowest BCUT2D eigenvalue weighted by molar-refractivity contribution is 0.0738. The highest BCUT2D eigenvalue weighted by Crippen LogP contribution is 2.29. The van der Waals surface area contributed by atoms with Crippen LogP contribution in [0.15, 0.2) is 36.5 Å². The quantitative estimate of drug-likeness (QED) is 0.715. The molecule has 0 aliphatic carbocycles. The van der Waals surface area contributed by atoms with Gasteiger partial charge in [-0.2, -0.15) is 11.8 Å². The molecule has 1 amide bonds. The van der Waals surface area contributed by atoms with Gasteiger partial charge in [0, 0.05) is 43.8 Å². The van der Waals surface area contributed by atoms with Gasteiger partial charge in [0.05, 0.1) is 10.0 Å². The maximum absolute atomic E-state index is 13.1. The zero-order chi connectivity index (χ0) is 19.5. The second kappa shape index (κ2) is 8.80. The topological polar surface area (TPSA) is 45.7 Å². The number of ether oxygens (including phenoxy) is 1. The molecule has 1 atom stereocenters. The molecule has 3 heterocycles. The summed E-state index contributed by atoms with van der Waals surface area (Å²) in [5.74, 6) is 2.47. The second-order valence-electron chi connectivity index (χ2n) is 6.84. The molecule has 2 saturated heterocycles. The minimum absolute atomic E-state index is 0.0254. The van der Waals surface area contributed by atoms with E-state index in [1.807, 2.05) is 28.8 Å². The van der Waals surface area contributed by atoms with Crippen molar-refractivity contribution in [2.45, 2.75) is 12.5 Å². The molecular formula is C20H21Cl2N3O2S. The van der Waals surface area contributed by atoms with Crippen LogP contribution in [0.1, 0.15) is 16.8 Å². The van der Waals surface area contributed by atoms with Crippen LogP contribution >= 0.6 is 35.0 Å². The second-order valence-corrected chi connectivity index (χ2v) is 8.80. The number of benzene rings is 1. The van der Waals surface area contributed by atoms with Crippen molar-refractivity contribution in [1.82, 2.24) is 9.88 Å². The highest BCUT2D eigenvalue weighted by Gasteiger charge is 2.27. The van der Waals surface area contributed by atoms with Crippen molar-refractivity contribution in [2.75, 3.05) is 42.6 Å². The summed E-state index contributed by atoms with van der Waals surface area (Å²) in [6.07, 6.45) is 2.81. The highest BCUT2D eigenvalue weighted by molar-refractivity contribution is 7.99. The lowest BCUT2D eigenvalue weighted by atomic mass is 10.2. The van der Waals surface area contributed by atoms with Crippen molar-refractivity contribution in [3.63, 3.8) is 0 Å². The fourth-order valence-electron chi connectivity index (χ4n) is 3.43. The van der Waals surface area contributed by atoms with Gasteiger partial charge in [0.1, 0.15) is 11.7 Å². The summed E-state index contributed by atoms with van der Waals surface area (Å²) >= 11 is 14.0. The normalized spacial score (nSPS) is 19.7. The third-order valence-corrected chi connectivity index (χ3v) is 6.87. The predicted molar refractivity (Wildman–Crippen MR) is 115 cm³/mol. The summed E-state index contributed by atoms with van der Waals surface area (Å²) in [6, 6.07) is 9.22. The summed E-state index contributed by atoms with van der Waals surface area (Å²) in [6.45, 7) is 2.73. The van der Waals surface area contributed by atoms with Gasteiger partial charge in [-0.15, -0.1) is 0 Å². The summed E-state index contributed by atoms with van der Waals surface area (Å²) in [5.41, 5.74) is 1.56. The number of hydrogen-bond acceptors (Lipinski definition) is 5. The molecule has 148 valence electrons. The van der Waals surface area contributed by atoms with Gasteiger partial charge in [0.25, 0.3) is 5.91 Å². The molecule has 1 aromatic heterocycles. The lowest BCUT2D eigenvalue weighted by Crippen LogP contribution is -2.49. The molecule has 0 saturated carbocycles. The number of piperazine rings is 1. The Kier molecular flexibility index (Phi) is 6.19. The molecule has 2 fully saturated rings. The van der Waals surface area contributed by atoms with Gasteiger partial charge < -0.3 is 14.5 Å². The van der Waals surface area contributed by atoms with Crippen LogP contribution in [0.4, 0.5) is 5.69 Å². The number of pyridine rings is 1. The third-order valence-electron chi connectivity index (χ3n) is 5.00. The molecule has 1 aromatic carbocycles. The fourth-order valence-corrected chi connectivity index (χ4v) is 4.82. The summed E-state index contributed by atoms with van der Waals surface area (Å²) in [7, 11) is 0. The first-order valence-corrected chi connectivity index (χ1v) is 11.2. The molecule has 2 aromatic rings. The molecule has 2 aliphatic rings. The van der Waals surface area contributed by atoms with E-state index >= 15 is 0 Å². The Hall–Kier alpha value is -1.63. The smallest absolute Gasteiger partial charge is 0.259 e. The van der Waals surface area contributed by atoms with Crippen LogP contribution in [-0.4, -0.2) is 59.6 Å². The number of carbonyl (C=O) groups excluding carboxylic acids is 1. The number of hydrogen-bond donors (Lipinski definition) is 0. The van der Waals surface area contributed by atoms with Crippen LogP contribution in [0.25, 0.3) is 0 Å². The average molecular weight is 438 g/mol. The molecular weight excluding hydrogens is 417 g/mol. The maximum atomic E-state index is 13.1. The van der Waals surface area contributed by atoms with Gasteiger partial charge in [-0.05, 0) is 42.5 Å². The monoisotopic (exact) mass is 437 g/mol. The molecule has 8 heteroatoms. The van der Waals surface area contributed by atoms with Crippen LogP contribution in [0.5, 0.6) is 5.88 Å². The van der Waals surface area contributed by atoms with Crippen molar-refractivity contribution in [1.29, 1.82) is 0 Å². The van der Waals surface area contributed by atoms with E-state index in [-0.39, 0.29) is 12.0 Å². The molecule has 4 rings (SSSR count). The van der Waals surface area contributed by atoms with Gasteiger partial charge in [-0.25, -0.2) is 4.98 Å². The van der Waals surface area contributed by atoms with Crippen molar-refractivity contribution >= 4 is 46.6 Å². The predicted octanol–water partition coefficient (Wildman–Crippen LogP) is 4.24. The number of amides is 1. The first-order chi connectivity index (χ1) is 13.6. The minimum atomic E-state index is -0.0254. The molecule has 0 spiro atoms. The van der Waals surface area contributed by atoms with Crippen LogP contribution in [0.2, 0.25) is 10.0 Å². The van der Waals surface area contributed by atoms with E-state index in [1.54, 1.807) is 24.4 Å². The van der Waals surface area contributed by atoms with Gasteiger partial charge in [-0.1, -0.05) is 23.2 Å². The van der Waals surface area contributed by atoms with Crippen LogP contribution in [0.3, 0.4) is 0 Å². The van der Waals surface area contributed by atoms with Crippen LogP contribution in [0, 0.1) is 0 Å². The summed E-state index contributed by atoms with van der Waals surface area (Å²) in [4.78, 5) is 21.5. The SMILES string of the molecule is O=C(c1cccnc1OC1CCSC1)N1CCN(c2ccc(Cl)c(Cl)c2)CC1. The third kappa shape index (κ3) is 4.34. The molecule has 28 heavy (non-hydrogen) atoms. The Morgan fingerprint density at radius 3 is 2.68 bits per heavy atom. The van der Waals surface area contributed by atoms with Gasteiger partial charge in [-0.3, -0.25) is 4.79 Å². The van der Waals surface area contributed by atoms with E-state index in [2.05, 4.69) is 9.88 Å². The Balaban J connectivity index is 1.42. The van der Waals surface area contributed by atoms with E-state index < -0.39 is 0 Å². The number of nitrogens with zero attached hydrogens (tertiary/aromatic N) is 3. The van der Waals surface area contributed by atoms with E-state index in [4.69, 9.17) is 27.9 Å². The van der Waals surface area contributed by atoms with E-state index in [0.29, 0.717) is 34.6 Å². The molecule has 5 nitrogen and oxygen atoms in total. The van der Waals surface area contributed by atoms with Gasteiger partial charge >= 0.3 is 0 Å². The minimum Gasteiger partial charge on any atom is -0.473 e. The van der Waals surface area contributed by atoms with Gasteiger partial charge in [0.2, 0.25) is 5.88 Å². The van der Waals surface area contributed by atoms with Crippen molar-refractivity contribution in [3.8, 4) is 5.88 Å². The molecule has 0 bridgehead atoms. The lowest BCUT2D eigenvalue weighted by Gasteiger charge is -2.36. The molecule has 0 N–H and O–H groups in total. The molecule has 0 radical (unpaired) electrons. The van der Waals surface area contributed by atoms with E-state index in [0.717, 1.165) is 36.7 Å². The Bertz CT molecular complexity index is 853. The first-order valence-electron chi connectivity index (χ1n) is 9.30. The zero-order valence-electron chi connectivity index (χ0n) is 15.3. The standard InChI is InChI=1S/C20H21Cl2N3O2S/c21-17-4-3-14(12-18(17)22)24-7-9-25(10-8-24)20(26)16-2-1-6-23-19(16)27-15-5-11-28-13-15/h1-4,6,12,15H,5,7-11,13H2. The Morgan fingerprint density at radius 2 is 1.96 bits per heavy atom. The van der Waals surface area contributed by atoms with E-state index in [1.165, 1.54) is 0 Å². The summed E-state index contributed by atoms with van der Waals surface area (Å²) < 4.78 is 6.02. The summed E-state index contributed by atoms with van der Waals surface area (Å²) in [5, 5.41) is 1.09. The van der Waals surface area contributed by atoms with Gasteiger partial charge in [0.15, 0.2) is 0 Å². The number of carbonyl (C=O) groups is 1. The van der Waals surface area contributed by atoms with Crippen molar-refractivity contribution < 1.29 is 9.53 Å². The van der Waals surface area contributed by atoms with Crippen molar-refractivity contribution in [3.05, 3.63) is 52.1 Å². The van der Waals surface area contributed by atoms with Crippen LogP contribution < -0.4 is 9.64 Å². The maximum Gasteiger partial charge on any atom is 0.259 e. The Morgan fingerprint density at radius 1 is 1.14 bits per heavy atom. The first kappa shape index (κ1) is 19.7. The number of anilines is 1. The van der Waals surface area contributed by atoms with Crippen molar-refractivity contribution in [2.24, 2.45) is 0 Å². The number of aromatic nitrogens is 1. The van der Waals surface area contributed by atoms with E-state index in [9.17, 15) is 4.79 Å². The molecule has 1 unspecified atom stereocenters. The zero-order valence-corrected chi connectivity index (χ0v) is 17.6. The number of rotatable bonds is 4. The number of thioether (sulfide) groups is 1. The highest BCUT2D eigenvalue weighted by atomic mass is 35.5.